The average Bonchev–Trinajstić information content (AvgIpc) is 2.67. The Balaban J connectivity index is 2.82. The van der Waals surface area contributed by atoms with Crippen molar-refractivity contribution < 1.29 is 14.7 Å². The van der Waals surface area contributed by atoms with Gasteiger partial charge in [0.1, 0.15) is 11.6 Å². The van der Waals surface area contributed by atoms with Crippen molar-refractivity contribution in [3.05, 3.63) is 17.5 Å². The number of aryl methyl sites for hydroxylation is 1. The van der Waals surface area contributed by atoms with Crippen molar-refractivity contribution in [2.24, 2.45) is 0 Å². The second kappa shape index (κ2) is 5.47. The van der Waals surface area contributed by atoms with Gasteiger partial charge in [-0.05, 0) is 20.3 Å². The molecular formula is C11H17N3O3. The maximum absolute atomic E-state index is 11.7. The van der Waals surface area contributed by atoms with E-state index in [1.807, 2.05) is 6.92 Å². The summed E-state index contributed by atoms with van der Waals surface area (Å²) >= 11 is 0. The van der Waals surface area contributed by atoms with Crippen LogP contribution in [0.5, 0.6) is 0 Å². The van der Waals surface area contributed by atoms with Gasteiger partial charge in [0.05, 0.1) is 5.69 Å². The summed E-state index contributed by atoms with van der Waals surface area (Å²) in [6, 6.07) is -0.506. The Hall–Kier alpha value is -1.85. The molecule has 2 N–H and O–H groups in total. The minimum absolute atomic E-state index is 0.125. The van der Waals surface area contributed by atoms with E-state index in [-0.39, 0.29) is 11.5 Å². The number of amides is 1. The van der Waals surface area contributed by atoms with Gasteiger partial charge >= 0.3 is 5.97 Å². The molecule has 0 aliphatic heterocycles. The first kappa shape index (κ1) is 13.2. The number of carbonyl (C=O) groups excluding carboxylic acids is 1. The van der Waals surface area contributed by atoms with E-state index in [1.54, 1.807) is 13.8 Å². The highest BCUT2D eigenvalue weighted by molar-refractivity contribution is 5.88. The molecule has 6 nitrogen and oxygen atoms in total. The second-order valence-corrected chi connectivity index (χ2v) is 3.88. The van der Waals surface area contributed by atoms with E-state index >= 15 is 0 Å². The number of nitrogens with zero attached hydrogens (tertiary/aromatic N) is 2. The normalized spacial score (nSPS) is 12.2. The predicted molar refractivity (Wildman–Crippen MR) is 61.9 cm³/mol. The summed E-state index contributed by atoms with van der Waals surface area (Å²) < 4.78 is 1.38. The molecule has 6 heteroatoms. The Morgan fingerprint density at radius 2 is 2.24 bits per heavy atom. The van der Waals surface area contributed by atoms with Crippen LogP contribution < -0.4 is 5.32 Å². The SMILES string of the molecule is CCCNC(=O)C(C)n1cc(C(=O)O)c(C)n1. The highest BCUT2D eigenvalue weighted by Gasteiger charge is 2.19. The van der Waals surface area contributed by atoms with Crippen LogP contribution in [0.15, 0.2) is 6.20 Å². The first-order chi connectivity index (χ1) is 7.97. The van der Waals surface area contributed by atoms with Crippen LogP contribution in [-0.4, -0.2) is 33.3 Å². The quantitative estimate of drug-likeness (QED) is 0.802. The third kappa shape index (κ3) is 3.05. The zero-order chi connectivity index (χ0) is 13.0. The van der Waals surface area contributed by atoms with Crippen molar-refractivity contribution in [2.75, 3.05) is 6.54 Å². The smallest absolute Gasteiger partial charge is 0.339 e. The molecule has 1 aromatic heterocycles. The number of rotatable bonds is 5. The molecule has 1 unspecified atom stereocenters. The summed E-state index contributed by atoms with van der Waals surface area (Å²) in [6.45, 7) is 5.86. The molecule has 1 amide bonds. The van der Waals surface area contributed by atoms with Crippen molar-refractivity contribution in [3.63, 3.8) is 0 Å². The van der Waals surface area contributed by atoms with Crippen LogP contribution >= 0.6 is 0 Å². The van der Waals surface area contributed by atoms with Crippen LogP contribution in [0.4, 0.5) is 0 Å². The predicted octanol–water partition coefficient (Wildman–Crippen LogP) is 0.977. The van der Waals surface area contributed by atoms with E-state index < -0.39 is 12.0 Å². The first-order valence-corrected chi connectivity index (χ1v) is 5.54. The van der Waals surface area contributed by atoms with E-state index in [4.69, 9.17) is 5.11 Å². The third-order valence-electron chi connectivity index (χ3n) is 2.47. The lowest BCUT2D eigenvalue weighted by Gasteiger charge is -2.11. The van der Waals surface area contributed by atoms with E-state index in [0.29, 0.717) is 12.2 Å². The lowest BCUT2D eigenvalue weighted by molar-refractivity contribution is -0.124. The lowest BCUT2D eigenvalue weighted by Crippen LogP contribution is -2.31. The first-order valence-electron chi connectivity index (χ1n) is 5.54. The molecule has 94 valence electrons. The lowest BCUT2D eigenvalue weighted by atomic mass is 10.2. The molecule has 1 atom stereocenters. The Morgan fingerprint density at radius 1 is 1.59 bits per heavy atom. The van der Waals surface area contributed by atoms with Gasteiger partial charge in [0.2, 0.25) is 5.91 Å². The Morgan fingerprint density at radius 3 is 2.71 bits per heavy atom. The van der Waals surface area contributed by atoms with Gasteiger partial charge < -0.3 is 10.4 Å². The van der Waals surface area contributed by atoms with E-state index in [2.05, 4.69) is 10.4 Å². The summed E-state index contributed by atoms with van der Waals surface area (Å²) in [6.07, 6.45) is 2.24. The number of hydrogen-bond donors (Lipinski definition) is 2. The molecule has 1 aromatic rings. The summed E-state index contributed by atoms with van der Waals surface area (Å²) in [7, 11) is 0. The maximum Gasteiger partial charge on any atom is 0.339 e. The highest BCUT2D eigenvalue weighted by atomic mass is 16.4. The molecule has 1 heterocycles. The number of nitrogens with one attached hydrogen (secondary N) is 1. The average molecular weight is 239 g/mol. The molecule has 0 radical (unpaired) electrons. The zero-order valence-corrected chi connectivity index (χ0v) is 10.2. The molecular weight excluding hydrogens is 222 g/mol. The van der Waals surface area contributed by atoms with Gasteiger partial charge in [-0.1, -0.05) is 6.92 Å². The molecule has 0 spiro atoms. The maximum atomic E-state index is 11.7. The number of aromatic nitrogens is 2. The molecule has 0 saturated carbocycles. The van der Waals surface area contributed by atoms with Crippen molar-refractivity contribution in [3.8, 4) is 0 Å². The fraction of sp³-hybridized carbons (Fsp3) is 0.545. The summed E-state index contributed by atoms with van der Waals surface area (Å²) in [4.78, 5) is 22.5. The van der Waals surface area contributed by atoms with Crippen LogP contribution in [0.1, 0.15) is 42.4 Å². The molecule has 0 aliphatic carbocycles. The number of aromatic carboxylic acids is 1. The van der Waals surface area contributed by atoms with E-state index in [9.17, 15) is 9.59 Å². The molecule has 1 rings (SSSR count). The molecule has 0 aliphatic rings. The van der Waals surface area contributed by atoms with Gasteiger partial charge in [0.25, 0.3) is 0 Å². The standard InChI is InChI=1S/C11H17N3O3/c1-4-5-12-10(15)8(3)14-6-9(11(16)17)7(2)13-14/h6,8H,4-5H2,1-3H3,(H,12,15)(H,16,17). The summed E-state index contributed by atoms with van der Waals surface area (Å²) in [5.41, 5.74) is 0.535. The van der Waals surface area contributed by atoms with Crippen molar-refractivity contribution in [1.82, 2.24) is 15.1 Å². The third-order valence-corrected chi connectivity index (χ3v) is 2.47. The highest BCUT2D eigenvalue weighted by Crippen LogP contribution is 2.11. The van der Waals surface area contributed by atoms with Crippen LogP contribution in [0.25, 0.3) is 0 Å². The van der Waals surface area contributed by atoms with E-state index in [0.717, 1.165) is 6.42 Å². The van der Waals surface area contributed by atoms with Crippen molar-refractivity contribution >= 4 is 11.9 Å². The number of hydrogen-bond acceptors (Lipinski definition) is 3. The number of carbonyl (C=O) groups is 2. The summed E-state index contributed by atoms with van der Waals surface area (Å²) in [5, 5.41) is 15.7. The van der Waals surface area contributed by atoms with E-state index in [1.165, 1.54) is 10.9 Å². The minimum Gasteiger partial charge on any atom is -0.478 e. The molecule has 0 saturated heterocycles. The number of carboxylic acid groups (broad SMARTS) is 1. The topological polar surface area (TPSA) is 84.2 Å². The zero-order valence-electron chi connectivity index (χ0n) is 10.2. The second-order valence-electron chi connectivity index (χ2n) is 3.88. The van der Waals surface area contributed by atoms with Crippen LogP contribution in [0.2, 0.25) is 0 Å². The van der Waals surface area contributed by atoms with Gasteiger partial charge in [-0.25, -0.2) is 4.79 Å². The van der Waals surface area contributed by atoms with Crippen molar-refractivity contribution in [2.45, 2.75) is 33.2 Å². The van der Waals surface area contributed by atoms with Gasteiger partial charge in [0.15, 0.2) is 0 Å². The molecule has 17 heavy (non-hydrogen) atoms. The fourth-order valence-electron chi connectivity index (χ4n) is 1.41. The van der Waals surface area contributed by atoms with Gasteiger partial charge in [0, 0.05) is 12.7 Å². The van der Waals surface area contributed by atoms with Gasteiger partial charge in [-0.15, -0.1) is 0 Å². The Bertz CT molecular complexity index is 426. The van der Waals surface area contributed by atoms with Crippen molar-refractivity contribution in [1.29, 1.82) is 0 Å². The van der Waals surface area contributed by atoms with Gasteiger partial charge in [-0.2, -0.15) is 5.10 Å². The molecule has 0 fully saturated rings. The van der Waals surface area contributed by atoms with Crippen LogP contribution in [-0.2, 0) is 4.79 Å². The van der Waals surface area contributed by atoms with Crippen LogP contribution in [0.3, 0.4) is 0 Å². The fourth-order valence-corrected chi connectivity index (χ4v) is 1.41. The molecule has 0 aromatic carbocycles. The Labute approximate surface area is 99.6 Å². The minimum atomic E-state index is -1.03. The van der Waals surface area contributed by atoms with Crippen LogP contribution in [0, 0.1) is 6.92 Å². The van der Waals surface area contributed by atoms with Gasteiger partial charge in [-0.3, -0.25) is 9.48 Å². The molecule has 0 bridgehead atoms. The monoisotopic (exact) mass is 239 g/mol. The summed E-state index contributed by atoms with van der Waals surface area (Å²) in [5.74, 6) is -1.19. The number of carboxylic acids is 1. The largest absolute Gasteiger partial charge is 0.478 e. The Kier molecular flexibility index (Phi) is 4.25.